The van der Waals surface area contributed by atoms with Gasteiger partial charge in [0, 0.05) is 44.0 Å². The van der Waals surface area contributed by atoms with Gasteiger partial charge in [-0.25, -0.2) is 0 Å². The molecule has 4 heteroatoms. The predicted octanol–water partition coefficient (Wildman–Crippen LogP) is 1.69. The Balaban J connectivity index is 2.20. The molecule has 0 fully saturated rings. The third-order valence-corrected chi connectivity index (χ3v) is 2.44. The number of aromatic nitrogens is 2. The molecule has 78 valence electrons. The van der Waals surface area contributed by atoms with E-state index in [1.165, 1.54) is 5.69 Å². The normalized spacial score (nSPS) is 12.1. The van der Waals surface area contributed by atoms with Crippen molar-refractivity contribution in [3.05, 3.63) is 29.1 Å². The first-order valence-electron chi connectivity index (χ1n) is 4.67. The Hall–Kier alpha value is -0.800. The second kappa shape index (κ2) is 5.83. The summed E-state index contributed by atoms with van der Waals surface area (Å²) in [7, 11) is 1.96. The van der Waals surface area contributed by atoms with Crippen LogP contribution in [0.3, 0.4) is 0 Å². The zero-order valence-corrected chi connectivity index (χ0v) is 9.38. The molecule has 0 aliphatic heterocycles. The van der Waals surface area contributed by atoms with Crippen LogP contribution in [-0.4, -0.2) is 22.9 Å². The van der Waals surface area contributed by atoms with Crippen molar-refractivity contribution in [2.24, 2.45) is 7.05 Å². The lowest BCUT2D eigenvalue weighted by Crippen LogP contribution is -2.20. The average molecular weight is 214 g/mol. The lowest BCUT2D eigenvalue weighted by Gasteiger charge is -2.04. The van der Waals surface area contributed by atoms with Crippen LogP contribution in [0.1, 0.15) is 12.6 Å². The van der Waals surface area contributed by atoms with E-state index in [9.17, 15) is 0 Å². The highest BCUT2D eigenvalue weighted by atomic mass is 35.5. The summed E-state index contributed by atoms with van der Waals surface area (Å²) < 4.78 is 1.89. The fraction of sp³-hybridized carbons (Fsp3) is 0.500. The van der Waals surface area contributed by atoms with Crippen molar-refractivity contribution >= 4 is 11.6 Å². The number of hydrogen-bond acceptors (Lipinski definition) is 2. The number of nitrogens with one attached hydrogen (secondary N) is 1. The van der Waals surface area contributed by atoms with Crippen molar-refractivity contribution in [2.75, 3.05) is 13.1 Å². The van der Waals surface area contributed by atoms with Crippen LogP contribution in [-0.2, 0) is 13.5 Å². The van der Waals surface area contributed by atoms with Gasteiger partial charge in [-0.2, -0.15) is 5.10 Å². The molecule has 0 radical (unpaired) electrons. The summed E-state index contributed by atoms with van der Waals surface area (Å²) in [6.07, 6.45) is 2.81. The molecule has 0 aromatic carbocycles. The van der Waals surface area contributed by atoms with E-state index >= 15 is 0 Å². The van der Waals surface area contributed by atoms with E-state index in [4.69, 9.17) is 11.6 Å². The van der Waals surface area contributed by atoms with E-state index in [1.54, 1.807) is 5.54 Å². The monoisotopic (exact) mass is 213 g/mol. The number of halogens is 1. The molecule has 1 aromatic rings. The molecule has 3 nitrogen and oxygen atoms in total. The lowest BCUT2D eigenvalue weighted by atomic mass is 10.3. The molecule has 0 aliphatic rings. The molecule has 0 amide bonds. The van der Waals surface area contributed by atoms with Crippen LogP contribution in [0.15, 0.2) is 23.4 Å². The molecule has 0 bridgehead atoms. The van der Waals surface area contributed by atoms with E-state index in [-0.39, 0.29) is 0 Å². The Kier molecular flexibility index (Phi) is 4.70. The summed E-state index contributed by atoms with van der Waals surface area (Å²) in [4.78, 5) is 0. The van der Waals surface area contributed by atoms with Crippen molar-refractivity contribution < 1.29 is 0 Å². The van der Waals surface area contributed by atoms with Gasteiger partial charge in [0.25, 0.3) is 0 Å². The van der Waals surface area contributed by atoms with E-state index < -0.39 is 0 Å². The fourth-order valence-corrected chi connectivity index (χ4v) is 1.26. The Labute approximate surface area is 89.8 Å². The zero-order chi connectivity index (χ0) is 10.4. The van der Waals surface area contributed by atoms with Crippen LogP contribution in [0.2, 0.25) is 0 Å². The SMILES string of the molecule is CC(=CCl)CNCCc1ccnn1C. The first-order chi connectivity index (χ1) is 6.74. The highest BCUT2D eigenvalue weighted by molar-refractivity contribution is 6.25. The molecule has 0 atom stereocenters. The molecule has 1 heterocycles. The minimum absolute atomic E-state index is 0.849. The minimum atomic E-state index is 0.849. The molecular weight excluding hydrogens is 198 g/mol. The minimum Gasteiger partial charge on any atom is -0.313 e. The fourth-order valence-electron chi connectivity index (χ4n) is 1.19. The molecule has 1 rings (SSSR count). The van der Waals surface area contributed by atoms with Gasteiger partial charge >= 0.3 is 0 Å². The van der Waals surface area contributed by atoms with Gasteiger partial charge in [0.05, 0.1) is 0 Å². The standard InChI is InChI=1S/C10H16ClN3/c1-9(7-11)8-12-5-3-10-4-6-13-14(10)2/h4,6-7,12H,3,5,8H2,1-2H3. The summed E-state index contributed by atoms with van der Waals surface area (Å²) in [5.74, 6) is 0. The molecule has 14 heavy (non-hydrogen) atoms. The molecule has 0 spiro atoms. The summed E-state index contributed by atoms with van der Waals surface area (Å²) in [5, 5.41) is 7.41. The Morgan fingerprint density at radius 1 is 1.71 bits per heavy atom. The smallest absolute Gasteiger partial charge is 0.0492 e. The molecule has 1 N–H and O–H groups in total. The maximum absolute atomic E-state index is 5.54. The Bertz CT molecular complexity index is 304. The van der Waals surface area contributed by atoms with Crippen molar-refractivity contribution in [1.82, 2.24) is 15.1 Å². The van der Waals surface area contributed by atoms with E-state index in [0.717, 1.165) is 25.1 Å². The zero-order valence-electron chi connectivity index (χ0n) is 8.63. The van der Waals surface area contributed by atoms with Crippen LogP contribution < -0.4 is 5.32 Å². The van der Waals surface area contributed by atoms with Crippen LogP contribution in [0.25, 0.3) is 0 Å². The van der Waals surface area contributed by atoms with Gasteiger partial charge in [-0.05, 0) is 18.6 Å². The van der Waals surface area contributed by atoms with Gasteiger partial charge in [-0.3, -0.25) is 4.68 Å². The van der Waals surface area contributed by atoms with Crippen molar-refractivity contribution in [1.29, 1.82) is 0 Å². The summed E-state index contributed by atoms with van der Waals surface area (Å²) in [5.41, 5.74) is 4.00. The number of aryl methyl sites for hydroxylation is 1. The van der Waals surface area contributed by atoms with Gasteiger partial charge in [-0.1, -0.05) is 11.6 Å². The van der Waals surface area contributed by atoms with E-state index in [2.05, 4.69) is 10.4 Å². The lowest BCUT2D eigenvalue weighted by molar-refractivity contribution is 0.663. The first kappa shape index (κ1) is 11.3. The highest BCUT2D eigenvalue weighted by Gasteiger charge is 1.97. The maximum Gasteiger partial charge on any atom is 0.0492 e. The first-order valence-corrected chi connectivity index (χ1v) is 5.11. The van der Waals surface area contributed by atoms with Gasteiger partial charge < -0.3 is 5.32 Å². The van der Waals surface area contributed by atoms with Crippen LogP contribution in [0, 0.1) is 0 Å². The topological polar surface area (TPSA) is 29.9 Å². The van der Waals surface area contributed by atoms with Crippen molar-refractivity contribution in [2.45, 2.75) is 13.3 Å². The van der Waals surface area contributed by atoms with Gasteiger partial charge in [-0.15, -0.1) is 0 Å². The van der Waals surface area contributed by atoms with E-state index in [0.29, 0.717) is 0 Å². The number of rotatable bonds is 5. The molecule has 0 saturated carbocycles. The van der Waals surface area contributed by atoms with E-state index in [1.807, 2.05) is 30.9 Å². The molecule has 0 aliphatic carbocycles. The predicted molar refractivity (Wildman–Crippen MR) is 59.4 cm³/mol. The summed E-state index contributed by atoms with van der Waals surface area (Å²) in [6, 6.07) is 2.03. The second-order valence-electron chi connectivity index (χ2n) is 3.33. The van der Waals surface area contributed by atoms with Crippen molar-refractivity contribution in [3.8, 4) is 0 Å². The maximum atomic E-state index is 5.54. The van der Waals surface area contributed by atoms with Gasteiger partial charge in [0.1, 0.15) is 0 Å². The van der Waals surface area contributed by atoms with Crippen molar-refractivity contribution in [3.63, 3.8) is 0 Å². The number of hydrogen-bond donors (Lipinski definition) is 1. The van der Waals surface area contributed by atoms with Crippen LogP contribution >= 0.6 is 11.6 Å². The third kappa shape index (κ3) is 3.52. The third-order valence-electron chi connectivity index (χ3n) is 2.07. The molecule has 0 unspecified atom stereocenters. The second-order valence-corrected chi connectivity index (χ2v) is 3.55. The largest absolute Gasteiger partial charge is 0.313 e. The molecule has 1 aromatic heterocycles. The summed E-state index contributed by atoms with van der Waals surface area (Å²) in [6.45, 7) is 3.80. The Morgan fingerprint density at radius 2 is 2.50 bits per heavy atom. The Morgan fingerprint density at radius 3 is 3.07 bits per heavy atom. The van der Waals surface area contributed by atoms with Crippen LogP contribution in [0.5, 0.6) is 0 Å². The van der Waals surface area contributed by atoms with Gasteiger partial charge in [0.2, 0.25) is 0 Å². The highest BCUT2D eigenvalue weighted by Crippen LogP contribution is 1.97. The summed E-state index contributed by atoms with van der Waals surface area (Å²) >= 11 is 5.54. The molecule has 0 saturated heterocycles. The molecular formula is C10H16ClN3. The average Bonchev–Trinajstić information content (AvgIpc) is 2.58. The number of nitrogens with zero attached hydrogens (tertiary/aromatic N) is 2. The van der Waals surface area contributed by atoms with Crippen LogP contribution in [0.4, 0.5) is 0 Å². The van der Waals surface area contributed by atoms with Gasteiger partial charge in [0.15, 0.2) is 0 Å². The quantitative estimate of drug-likeness (QED) is 0.755.